The van der Waals surface area contributed by atoms with Crippen LogP contribution in [0.5, 0.6) is 0 Å². The number of halogens is 3. The van der Waals surface area contributed by atoms with E-state index < -0.39 is 11.6 Å². The van der Waals surface area contributed by atoms with Crippen LogP contribution in [-0.4, -0.2) is 0 Å². The van der Waals surface area contributed by atoms with E-state index in [9.17, 15) is 8.78 Å². The molecule has 2 aromatic carbocycles. The monoisotopic (exact) mass is 339 g/mol. The van der Waals surface area contributed by atoms with Crippen molar-refractivity contribution in [3.8, 4) is 0 Å². The third-order valence-electron chi connectivity index (χ3n) is 3.15. The fourth-order valence-electron chi connectivity index (χ4n) is 2.10. The van der Waals surface area contributed by atoms with Gasteiger partial charge in [0.15, 0.2) is 0 Å². The second-order valence-corrected chi connectivity index (χ2v) is 5.88. The molecule has 4 heteroatoms. The van der Waals surface area contributed by atoms with Gasteiger partial charge >= 0.3 is 0 Å². The van der Waals surface area contributed by atoms with Gasteiger partial charge in [-0.1, -0.05) is 44.2 Å². The molecule has 1 unspecified atom stereocenters. The maximum Gasteiger partial charge on any atom is 0.147 e. The maximum absolute atomic E-state index is 13.9. The normalized spacial score (nSPS) is 12.5. The molecule has 0 saturated heterocycles. The molecule has 1 N–H and O–H groups in total. The van der Waals surface area contributed by atoms with Crippen molar-refractivity contribution in [3.05, 3.63) is 64.1 Å². The minimum absolute atomic E-state index is 0.0775. The zero-order chi connectivity index (χ0) is 14.7. The minimum Gasteiger partial charge on any atom is -0.376 e. The van der Waals surface area contributed by atoms with Crippen molar-refractivity contribution in [1.82, 2.24) is 0 Å². The van der Waals surface area contributed by atoms with Crippen LogP contribution in [0.4, 0.5) is 14.5 Å². The van der Waals surface area contributed by atoms with Crippen molar-refractivity contribution in [1.29, 1.82) is 0 Å². The highest BCUT2D eigenvalue weighted by Gasteiger charge is 2.18. The molecule has 106 valence electrons. The Morgan fingerprint density at radius 1 is 1.00 bits per heavy atom. The van der Waals surface area contributed by atoms with Crippen LogP contribution in [0.2, 0.25) is 0 Å². The van der Waals surface area contributed by atoms with Gasteiger partial charge < -0.3 is 5.32 Å². The van der Waals surface area contributed by atoms with Gasteiger partial charge in [-0.05, 0) is 33.5 Å². The average Bonchev–Trinajstić information content (AvgIpc) is 2.42. The largest absolute Gasteiger partial charge is 0.376 e. The average molecular weight is 340 g/mol. The molecule has 0 aliphatic rings. The van der Waals surface area contributed by atoms with Gasteiger partial charge in [-0.2, -0.15) is 0 Å². The Balaban J connectivity index is 2.32. The van der Waals surface area contributed by atoms with Crippen LogP contribution in [0, 0.1) is 17.6 Å². The quantitative estimate of drug-likeness (QED) is 0.721. The zero-order valence-corrected chi connectivity index (χ0v) is 12.9. The highest BCUT2D eigenvalue weighted by Crippen LogP contribution is 2.30. The lowest BCUT2D eigenvalue weighted by molar-refractivity contribution is 0.537. The number of rotatable bonds is 4. The maximum atomic E-state index is 13.9. The number of anilines is 1. The van der Waals surface area contributed by atoms with Gasteiger partial charge in [0.25, 0.3) is 0 Å². The molecule has 0 bridgehead atoms. The highest BCUT2D eigenvalue weighted by atomic mass is 79.9. The SMILES string of the molecule is CC(C)C(Nc1cc(F)c(Br)cc1F)c1ccccc1. The topological polar surface area (TPSA) is 12.0 Å². The first kappa shape index (κ1) is 15.0. The Morgan fingerprint density at radius 2 is 1.65 bits per heavy atom. The zero-order valence-electron chi connectivity index (χ0n) is 11.3. The number of hydrogen-bond donors (Lipinski definition) is 1. The van der Waals surface area contributed by atoms with Crippen LogP contribution < -0.4 is 5.32 Å². The van der Waals surface area contributed by atoms with Gasteiger partial charge in [0, 0.05) is 6.07 Å². The van der Waals surface area contributed by atoms with Gasteiger partial charge in [-0.25, -0.2) is 8.78 Å². The summed E-state index contributed by atoms with van der Waals surface area (Å²) in [5.41, 5.74) is 1.22. The van der Waals surface area contributed by atoms with Gasteiger partial charge in [0.1, 0.15) is 11.6 Å². The van der Waals surface area contributed by atoms with E-state index in [1.807, 2.05) is 44.2 Å². The van der Waals surface area contributed by atoms with Crippen molar-refractivity contribution in [2.75, 3.05) is 5.32 Å². The molecule has 0 aliphatic carbocycles. The lowest BCUT2D eigenvalue weighted by Gasteiger charge is -2.24. The van der Waals surface area contributed by atoms with E-state index in [1.165, 1.54) is 6.07 Å². The van der Waals surface area contributed by atoms with Crippen LogP contribution in [-0.2, 0) is 0 Å². The van der Waals surface area contributed by atoms with E-state index in [-0.39, 0.29) is 22.1 Å². The van der Waals surface area contributed by atoms with Gasteiger partial charge in [0.05, 0.1) is 16.2 Å². The van der Waals surface area contributed by atoms with Crippen LogP contribution >= 0.6 is 15.9 Å². The Hall–Kier alpha value is -1.42. The summed E-state index contributed by atoms with van der Waals surface area (Å²) in [6.45, 7) is 4.08. The molecule has 0 heterocycles. The molecule has 1 atom stereocenters. The van der Waals surface area contributed by atoms with Crippen molar-refractivity contribution < 1.29 is 8.78 Å². The first-order valence-electron chi connectivity index (χ1n) is 6.45. The Labute approximate surface area is 126 Å². The third kappa shape index (κ3) is 3.37. The summed E-state index contributed by atoms with van der Waals surface area (Å²) in [6, 6.07) is 12.0. The number of benzene rings is 2. The van der Waals surface area contributed by atoms with E-state index >= 15 is 0 Å². The van der Waals surface area contributed by atoms with Crippen LogP contribution in [0.15, 0.2) is 46.9 Å². The fraction of sp³-hybridized carbons (Fsp3) is 0.250. The molecule has 2 rings (SSSR count). The van der Waals surface area contributed by atoms with Crippen molar-refractivity contribution >= 4 is 21.6 Å². The predicted molar refractivity (Wildman–Crippen MR) is 81.7 cm³/mol. The van der Waals surface area contributed by atoms with E-state index in [1.54, 1.807) is 0 Å². The molecule has 1 nitrogen and oxygen atoms in total. The van der Waals surface area contributed by atoms with E-state index in [0.717, 1.165) is 11.6 Å². The van der Waals surface area contributed by atoms with Gasteiger partial charge in [-0.15, -0.1) is 0 Å². The van der Waals surface area contributed by atoms with Crippen molar-refractivity contribution in [2.24, 2.45) is 5.92 Å². The van der Waals surface area contributed by atoms with Gasteiger partial charge in [-0.3, -0.25) is 0 Å². The van der Waals surface area contributed by atoms with Crippen LogP contribution in [0.25, 0.3) is 0 Å². The summed E-state index contributed by atoms with van der Waals surface area (Å²) in [4.78, 5) is 0. The summed E-state index contributed by atoms with van der Waals surface area (Å²) < 4.78 is 27.6. The second-order valence-electron chi connectivity index (χ2n) is 5.02. The minimum atomic E-state index is -0.482. The van der Waals surface area contributed by atoms with Crippen LogP contribution in [0.3, 0.4) is 0 Å². The molecule has 0 radical (unpaired) electrons. The molecule has 2 aromatic rings. The molecule has 0 aliphatic heterocycles. The van der Waals surface area contributed by atoms with Crippen LogP contribution in [0.1, 0.15) is 25.5 Å². The molecule has 0 saturated carbocycles. The number of hydrogen-bond acceptors (Lipinski definition) is 1. The molecule has 0 aromatic heterocycles. The van der Waals surface area contributed by atoms with Crippen molar-refractivity contribution in [3.63, 3.8) is 0 Å². The summed E-state index contributed by atoms with van der Waals surface area (Å²) in [5, 5.41) is 3.10. The summed E-state index contributed by atoms with van der Waals surface area (Å²) in [5.74, 6) is -0.715. The molecular formula is C16H16BrF2N. The Morgan fingerprint density at radius 3 is 2.25 bits per heavy atom. The summed E-state index contributed by atoms with van der Waals surface area (Å²) in [7, 11) is 0. The van der Waals surface area contributed by atoms with E-state index in [0.29, 0.717) is 0 Å². The Bertz CT molecular complexity index is 585. The fourth-order valence-corrected chi connectivity index (χ4v) is 2.41. The highest BCUT2D eigenvalue weighted by molar-refractivity contribution is 9.10. The molecular weight excluding hydrogens is 324 g/mol. The lowest BCUT2D eigenvalue weighted by atomic mass is 9.96. The first-order chi connectivity index (χ1) is 9.49. The molecule has 20 heavy (non-hydrogen) atoms. The third-order valence-corrected chi connectivity index (χ3v) is 3.75. The number of nitrogens with one attached hydrogen (secondary N) is 1. The smallest absolute Gasteiger partial charge is 0.147 e. The van der Waals surface area contributed by atoms with E-state index in [2.05, 4.69) is 21.2 Å². The molecule has 0 fully saturated rings. The van der Waals surface area contributed by atoms with Gasteiger partial charge in [0.2, 0.25) is 0 Å². The first-order valence-corrected chi connectivity index (χ1v) is 7.24. The molecule has 0 amide bonds. The Kier molecular flexibility index (Phi) is 4.76. The standard InChI is InChI=1S/C16H16BrF2N/c1-10(2)16(11-6-4-3-5-7-11)20-15-9-13(18)12(17)8-14(15)19/h3-10,16,20H,1-2H3. The van der Waals surface area contributed by atoms with E-state index in [4.69, 9.17) is 0 Å². The van der Waals surface area contributed by atoms with Crippen molar-refractivity contribution in [2.45, 2.75) is 19.9 Å². The second kappa shape index (κ2) is 6.35. The summed E-state index contributed by atoms with van der Waals surface area (Å²) >= 11 is 2.98. The predicted octanol–water partition coefficient (Wildman–Crippen LogP) is 5.54. The lowest BCUT2D eigenvalue weighted by Crippen LogP contribution is -2.17. The molecule has 0 spiro atoms. The summed E-state index contributed by atoms with van der Waals surface area (Å²) in [6.07, 6.45) is 0.